The third-order valence-electron chi connectivity index (χ3n) is 9.14. The number of carbonyl (C=O) groups is 2. The molecule has 0 saturated heterocycles. The summed E-state index contributed by atoms with van der Waals surface area (Å²) in [5, 5.41) is 0. The molecular formula is C44H83NO8P+. The molecule has 10 heteroatoms. The second-order valence-electron chi connectivity index (χ2n) is 15.7. The van der Waals surface area contributed by atoms with E-state index in [1.54, 1.807) is 0 Å². The monoisotopic (exact) mass is 785 g/mol. The molecule has 0 aromatic rings. The minimum atomic E-state index is -4.38. The summed E-state index contributed by atoms with van der Waals surface area (Å²) in [7, 11) is 1.47. The first kappa shape index (κ1) is 52.2. The van der Waals surface area contributed by atoms with Gasteiger partial charge in [0.25, 0.3) is 0 Å². The van der Waals surface area contributed by atoms with Crippen molar-refractivity contribution in [1.82, 2.24) is 0 Å². The molecule has 0 saturated carbocycles. The summed E-state index contributed by atoms with van der Waals surface area (Å²) in [5.41, 5.74) is 0. The summed E-state index contributed by atoms with van der Waals surface area (Å²) in [4.78, 5) is 35.3. The van der Waals surface area contributed by atoms with E-state index in [2.05, 4.69) is 50.3 Å². The smallest absolute Gasteiger partial charge is 0.462 e. The first-order valence-electron chi connectivity index (χ1n) is 21.7. The van der Waals surface area contributed by atoms with Crippen LogP contribution in [-0.2, 0) is 32.7 Å². The number of nitrogens with zero attached hydrogens (tertiary/aromatic N) is 1. The topological polar surface area (TPSA) is 108 Å². The Bertz CT molecular complexity index is 1020. The molecule has 0 rings (SSSR count). The lowest BCUT2D eigenvalue weighted by atomic mass is 10.1. The van der Waals surface area contributed by atoms with Crippen LogP contribution in [0.3, 0.4) is 0 Å². The second-order valence-corrected chi connectivity index (χ2v) is 17.2. The number of phosphoric ester groups is 1. The molecule has 0 bridgehead atoms. The number of quaternary nitrogens is 1. The molecule has 0 aliphatic rings. The summed E-state index contributed by atoms with van der Waals surface area (Å²) < 4.78 is 34.3. The van der Waals surface area contributed by atoms with Crippen molar-refractivity contribution in [3.05, 3.63) is 36.5 Å². The fourth-order valence-corrected chi connectivity index (χ4v) is 6.41. The average molecular weight is 785 g/mol. The van der Waals surface area contributed by atoms with Crippen LogP contribution in [0.4, 0.5) is 0 Å². The van der Waals surface area contributed by atoms with Gasteiger partial charge in [-0.3, -0.25) is 18.6 Å². The zero-order valence-corrected chi connectivity index (χ0v) is 36.3. The Hall–Kier alpha value is -1.77. The fraction of sp³-hybridized carbons (Fsp3) is 0.818. The number of hydrogen-bond acceptors (Lipinski definition) is 7. The average Bonchev–Trinajstić information content (AvgIpc) is 3.12. The lowest BCUT2D eigenvalue weighted by Crippen LogP contribution is -2.37. The molecule has 9 nitrogen and oxygen atoms in total. The number of allylic oxidation sites excluding steroid dienone is 6. The van der Waals surface area contributed by atoms with E-state index in [0.717, 1.165) is 64.2 Å². The quantitative estimate of drug-likeness (QED) is 0.0216. The van der Waals surface area contributed by atoms with Crippen LogP contribution in [0.25, 0.3) is 0 Å². The summed E-state index contributed by atoms with van der Waals surface area (Å²) >= 11 is 0. The van der Waals surface area contributed by atoms with Gasteiger partial charge in [0.2, 0.25) is 0 Å². The van der Waals surface area contributed by atoms with Crippen molar-refractivity contribution < 1.29 is 42.1 Å². The summed E-state index contributed by atoms with van der Waals surface area (Å²) in [6, 6.07) is 0. The number of phosphoric acid groups is 1. The lowest BCUT2D eigenvalue weighted by molar-refractivity contribution is -0.870. The first-order chi connectivity index (χ1) is 26.0. The predicted octanol–water partition coefficient (Wildman–Crippen LogP) is 12.1. The molecule has 0 amide bonds. The fourth-order valence-electron chi connectivity index (χ4n) is 5.67. The van der Waals surface area contributed by atoms with Crippen LogP contribution in [-0.4, -0.2) is 74.9 Å². The molecule has 0 heterocycles. The van der Waals surface area contributed by atoms with Gasteiger partial charge in [0.1, 0.15) is 19.8 Å². The van der Waals surface area contributed by atoms with Crippen molar-refractivity contribution in [2.45, 2.75) is 187 Å². The van der Waals surface area contributed by atoms with Gasteiger partial charge in [-0.15, -0.1) is 0 Å². The van der Waals surface area contributed by atoms with Gasteiger partial charge in [-0.2, -0.15) is 0 Å². The van der Waals surface area contributed by atoms with Crippen LogP contribution in [0, 0.1) is 0 Å². The van der Waals surface area contributed by atoms with E-state index >= 15 is 0 Å². The molecular weight excluding hydrogens is 701 g/mol. The van der Waals surface area contributed by atoms with E-state index < -0.39 is 26.5 Å². The molecule has 0 fully saturated rings. The van der Waals surface area contributed by atoms with Crippen LogP contribution in [0.2, 0.25) is 0 Å². The minimum Gasteiger partial charge on any atom is -0.462 e. The zero-order chi connectivity index (χ0) is 40.0. The maximum atomic E-state index is 12.7. The zero-order valence-electron chi connectivity index (χ0n) is 35.5. The Kier molecular flexibility index (Phi) is 35.6. The van der Waals surface area contributed by atoms with E-state index in [0.29, 0.717) is 17.4 Å². The Morgan fingerprint density at radius 2 is 1.02 bits per heavy atom. The number of unbranched alkanes of at least 4 members (excludes halogenated alkanes) is 19. The molecule has 0 aromatic carbocycles. The Balaban J connectivity index is 4.39. The predicted molar refractivity (Wildman–Crippen MR) is 224 cm³/mol. The molecule has 1 N–H and O–H groups in total. The minimum absolute atomic E-state index is 0.0288. The first-order valence-corrected chi connectivity index (χ1v) is 23.2. The molecule has 1 unspecified atom stereocenters. The van der Waals surface area contributed by atoms with Gasteiger partial charge >= 0.3 is 19.8 Å². The van der Waals surface area contributed by atoms with Gasteiger partial charge in [-0.1, -0.05) is 140 Å². The normalized spacial score (nSPS) is 14.0. The van der Waals surface area contributed by atoms with E-state index in [9.17, 15) is 19.0 Å². The van der Waals surface area contributed by atoms with Crippen molar-refractivity contribution >= 4 is 19.8 Å². The van der Waals surface area contributed by atoms with Crippen molar-refractivity contribution in [2.75, 3.05) is 47.5 Å². The van der Waals surface area contributed by atoms with Crippen LogP contribution in [0.5, 0.6) is 0 Å². The molecule has 0 radical (unpaired) electrons. The van der Waals surface area contributed by atoms with Crippen LogP contribution >= 0.6 is 7.82 Å². The molecule has 0 aromatic heterocycles. The van der Waals surface area contributed by atoms with E-state index in [1.165, 1.54) is 83.5 Å². The van der Waals surface area contributed by atoms with Gasteiger partial charge in [0.15, 0.2) is 6.10 Å². The van der Waals surface area contributed by atoms with Crippen molar-refractivity contribution in [3.63, 3.8) is 0 Å². The van der Waals surface area contributed by atoms with Crippen LogP contribution in [0.1, 0.15) is 181 Å². The van der Waals surface area contributed by atoms with E-state index in [1.807, 2.05) is 21.1 Å². The molecule has 0 aliphatic heterocycles. The number of likely N-dealkylation sites (N-methyl/N-ethyl adjacent to an activating group) is 1. The van der Waals surface area contributed by atoms with Crippen molar-refractivity contribution in [1.29, 1.82) is 0 Å². The number of ether oxygens (including phenoxy) is 2. The van der Waals surface area contributed by atoms with Crippen molar-refractivity contribution in [3.8, 4) is 0 Å². The highest BCUT2D eigenvalue weighted by molar-refractivity contribution is 7.47. The summed E-state index contributed by atoms with van der Waals surface area (Å²) in [6.07, 6.45) is 40.4. The highest BCUT2D eigenvalue weighted by Gasteiger charge is 2.27. The highest BCUT2D eigenvalue weighted by Crippen LogP contribution is 2.43. The number of hydrogen-bond donors (Lipinski definition) is 1. The maximum Gasteiger partial charge on any atom is 0.472 e. The lowest BCUT2D eigenvalue weighted by Gasteiger charge is -2.24. The molecule has 54 heavy (non-hydrogen) atoms. The van der Waals surface area contributed by atoms with E-state index in [4.69, 9.17) is 18.5 Å². The summed E-state index contributed by atoms with van der Waals surface area (Å²) in [6.45, 7) is 4.35. The standard InChI is InChI=1S/C44H82NO8P/c1-6-8-10-12-14-16-18-20-22-24-26-28-30-32-34-36-43(46)50-40-42(41-52-54(48,49)51-39-38-45(3,4)5)53-44(47)37-35-33-31-29-27-25-23-21-19-17-15-13-11-9-7-2/h13-16,20,22,42H,6-12,17-19,21,23-41H2,1-5H3/p+1/b15-13+,16-14+,22-20+/t42-/m1/s1. The molecule has 0 spiro atoms. The third-order valence-corrected chi connectivity index (χ3v) is 10.1. The highest BCUT2D eigenvalue weighted by atomic mass is 31.2. The van der Waals surface area contributed by atoms with Gasteiger partial charge < -0.3 is 18.9 Å². The number of rotatable bonds is 39. The molecule has 2 atom stereocenters. The largest absolute Gasteiger partial charge is 0.472 e. The van der Waals surface area contributed by atoms with Crippen LogP contribution in [0.15, 0.2) is 36.5 Å². The Labute approximate surface area is 331 Å². The van der Waals surface area contributed by atoms with Gasteiger partial charge in [-0.25, -0.2) is 4.57 Å². The Morgan fingerprint density at radius 1 is 0.574 bits per heavy atom. The van der Waals surface area contributed by atoms with Crippen molar-refractivity contribution in [2.24, 2.45) is 0 Å². The van der Waals surface area contributed by atoms with Gasteiger partial charge in [0, 0.05) is 12.8 Å². The SMILES string of the molecule is CCCC/C=C/CCCCCCCCCCCC(=O)O[C@H](COC(=O)CCCCCCC/C=C/C/C=C/CCCCC)COP(=O)(O)OCC[N+](C)(C)C. The van der Waals surface area contributed by atoms with E-state index in [-0.39, 0.29) is 32.0 Å². The third kappa shape index (κ3) is 39.9. The Morgan fingerprint density at radius 3 is 1.54 bits per heavy atom. The number of carbonyl (C=O) groups excluding carboxylic acids is 2. The van der Waals surface area contributed by atoms with Gasteiger partial charge in [0.05, 0.1) is 27.7 Å². The molecule has 316 valence electrons. The van der Waals surface area contributed by atoms with Gasteiger partial charge in [-0.05, 0) is 64.2 Å². The second kappa shape index (κ2) is 36.8. The maximum absolute atomic E-state index is 12.7. The van der Waals surface area contributed by atoms with Crippen LogP contribution < -0.4 is 0 Å². The number of esters is 2. The molecule has 0 aliphatic carbocycles. The summed E-state index contributed by atoms with van der Waals surface area (Å²) in [5.74, 6) is -0.816.